The molecule has 0 heterocycles. The topological polar surface area (TPSA) is 108 Å². The lowest BCUT2D eigenvalue weighted by Crippen LogP contribution is -2.49. The van der Waals surface area contributed by atoms with Crippen molar-refractivity contribution in [3.63, 3.8) is 0 Å². The zero-order valence-electron chi connectivity index (χ0n) is 21.7. The van der Waals surface area contributed by atoms with Crippen LogP contribution in [0.25, 0.3) is 0 Å². The summed E-state index contributed by atoms with van der Waals surface area (Å²) in [5.41, 5.74) is -3.12. The summed E-state index contributed by atoms with van der Waals surface area (Å²) in [5, 5.41) is 2.74. The first-order chi connectivity index (χ1) is 14.8. The molecule has 0 unspecified atom stereocenters. The number of hydrogen-bond donors (Lipinski definition) is 1. The average Bonchev–Trinajstić information content (AvgIpc) is 2.58. The van der Waals surface area contributed by atoms with Gasteiger partial charge in [-0.15, -0.1) is 6.42 Å². The van der Waals surface area contributed by atoms with Crippen LogP contribution < -0.4 is 5.32 Å². The largest absolute Gasteiger partial charge is 0.460 e. The molecular weight excluding hydrogens is 426 g/mol. The summed E-state index contributed by atoms with van der Waals surface area (Å²) in [6, 6.07) is 0. The molecular formula is C25H41NO7. The zero-order valence-corrected chi connectivity index (χ0v) is 21.7. The highest BCUT2D eigenvalue weighted by Crippen LogP contribution is 2.28. The molecule has 8 heteroatoms. The molecule has 0 saturated heterocycles. The SMILES string of the molecule is C#CC(=O)NC(CCC(=O)OC(C)(C)C)(CCC(=O)OC(C)(C)C)CCC(=O)OC(C)(C)C. The van der Waals surface area contributed by atoms with Gasteiger partial charge in [-0.3, -0.25) is 19.2 Å². The van der Waals surface area contributed by atoms with E-state index in [0.29, 0.717) is 0 Å². The Hall–Kier alpha value is -2.56. The van der Waals surface area contributed by atoms with Gasteiger partial charge in [-0.05, 0) is 87.5 Å². The Bertz CT molecular complexity index is 664. The number of ether oxygens (including phenoxy) is 3. The van der Waals surface area contributed by atoms with Crippen molar-refractivity contribution in [1.82, 2.24) is 5.32 Å². The van der Waals surface area contributed by atoms with Gasteiger partial charge in [0.05, 0.1) is 0 Å². The van der Waals surface area contributed by atoms with Crippen molar-refractivity contribution in [3.05, 3.63) is 0 Å². The summed E-state index contributed by atoms with van der Waals surface area (Å²) >= 11 is 0. The van der Waals surface area contributed by atoms with Crippen molar-refractivity contribution in [1.29, 1.82) is 0 Å². The second-order valence-electron chi connectivity index (χ2n) is 11.1. The fraction of sp³-hybridized carbons (Fsp3) is 0.760. The molecule has 188 valence electrons. The van der Waals surface area contributed by atoms with Gasteiger partial charge in [0.1, 0.15) is 16.8 Å². The summed E-state index contributed by atoms with van der Waals surface area (Å²) < 4.78 is 16.1. The lowest BCUT2D eigenvalue weighted by molar-refractivity contribution is -0.155. The summed E-state index contributed by atoms with van der Waals surface area (Å²) in [4.78, 5) is 49.2. The highest BCUT2D eigenvalue weighted by molar-refractivity contribution is 5.93. The van der Waals surface area contributed by atoms with Gasteiger partial charge >= 0.3 is 17.9 Å². The number of hydrogen-bond acceptors (Lipinski definition) is 7. The monoisotopic (exact) mass is 467 g/mol. The molecule has 0 aromatic carbocycles. The van der Waals surface area contributed by atoms with Gasteiger partial charge < -0.3 is 19.5 Å². The molecule has 0 fully saturated rings. The van der Waals surface area contributed by atoms with E-state index in [0.717, 1.165) is 0 Å². The molecule has 0 aliphatic heterocycles. The zero-order chi connectivity index (χ0) is 26.1. The van der Waals surface area contributed by atoms with Crippen LogP contribution in [0.15, 0.2) is 0 Å². The van der Waals surface area contributed by atoms with E-state index < -0.39 is 46.2 Å². The average molecular weight is 468 g/mol. The first kappa shape index (κ1) is 30.4. The van der Waals surface area contributed by atoms with Crippen molar-refractivity contribution in [3.8, 4) is 12.3 Å². The highest BCUT2D eigenvalue weighted by atomic mass is 16.6. The molecule has 8 nitrogen and oxygen atoms in total. The van der Waals surface area contributed by atoms with Gasteiger partial charge in [0, 0.05) is 24.8 Å². The number of esters is 3. The molecule has 0 aromatic rings. The fourth-order valence-corrected chi connectivity index (χ4v) is 3.04. The summed E-state index contributed by atoms with van der Waals surface area (Å²) in [6.07, 6.45) is 5.53. The van der Waals surface area contributed by atoms with Crippen LogP contribution in [-0.4, -0.2) is 46.2 Å². The lowest BCUT2D eigenvalue weighted by atomic mass is 9.83. The van der Waals surface area contributed by atoms with Gasteiger partial charge in [-0.25, -0.2) is 0 Å². The minimum Gasteiger partial charge on any atom is -0.460 e. The molecule has 0 radical (unpaired) electrons. The van der Waals surface area contributed by atoms with Crippen LogP contribution in [0.1, 0.15) is 101 Å². The van der Waals surface area contributed by atoms with Crippen molar-refractivity contribution in [2.45, 2.75) is 123 Å². The summed E-state index contributed by atoms with van der Waals surface area (Å²) in [5.74, 6) is -0.0871. The Morgan fingerprint density at radius 3 is 1.12 bits per heavy atom. The molecule has 0 aliphatic carbocycles. The van der Waals surface area contributed by atoms with Crippen LogP contribution >= 0.6 is 0 Å². The van der Waals surface area contributed by atoms with Crippen molar-refractivity contribution < 1.29 is 33.4 Å². The third-order valence-corrected chi connectivity index (χ3v) is 4.19. The predicted molar refractivity (Wildman–Crippen MR) is 125 cm³/mol. The third-order valence-electron chi connectivity index (χ3n) is 4.19. The maximum Gasteiger partial charge on any atom is 0.306 e. The van der Waals surface area contributed by atoms with Crippen LogP contribution in [-0.2, 0) is 33.4 Å². The maximum absolute atomic E-state index is 12.4. The Morgan fingerprint density at radius 2 is 0.909 bits per heavy atom. The van der Waals surface area contributed by atoms with Gasteiger partial charge in [0.25, 0.3) is 5.91 Å². The first-order valence-corrected chi connectivity index (χ1v) is 11.2. The molecule has 0 aromatic heterocycles. The Balaban J connectivity index is 5.70. The molecule has 0 rings (SSSR count). The number of rotatable bonds is 10. The molecule has 0 bridgehead atoms. The number of terminal acetylenes is 1. The molecule has 1 amide bonds. The second-order valence-corrected chi connectivity index (χ2v) is 11.1. The molecule has 0 aliphatic rings. The normalized spacial score (nSPS) is 12.4. The van der Waals surface area contributed by atoms with Gasteiger partial charge in [-0.1, -0.05) is 0 Å². The molecule has 33 heavy (non-hydrogen) atoms. The molecule has 1 N–H and O–H groups in total. The van der Waals surface area contributed by atoms with E-state index in [-0.39, 0.29) is 38.5 Å². The highest BCUT2D eigenvalue weighted by Gasteiger charge is 2.35. The van der Waals surface area contributed by atoms with Crippen LogP contribution in [0.5, 0.6) is 0 Å². The summed E-state index contributed by atoms with van der Waals surface area (Å²) in [7, 11) is 0. The van der Waals surface area contributed by atoms with Gasteiger partial charge in [0.2, 0.25) is 0 Å². The minimum atomic E-state index is -1.10. The van der Waals surface area contributed by atoms with E-state index in [9.17, 15) is 19.2 Å². The Kier molecular flexibility index (Phi) is 11.1. The second kappa shape index (κ2) is 12.1. The number of carbonyl (C=O) groups excluding carboxylic acids is 4. The van der Waals surface area contributed by atoms with Crippen molar-refractivity contribution >= 4 is 23.8 Å². The van der Waals surface area contributed by atoms with Crippen molar-refractivity contribution in [2.24, 2.45) is 0 Å². The van der Waals surface area contributed by atoms with Gasteiger partial charge in [-0.2, -0.15) is 0 Å². The smallest absolute Gasteiger partial charge is 0.306 e. The van der Waals surface area contributed by atoms with E-state index in [1.165, 1.54) is 0 Å². The Labute approximate surface area is 198 Å². The fourth-order valence-electron chi connectivity index (χ4n) is 3.04. The van der Waals surface area contributed by atoms with Crippen LogP contribution in [0, 0.1) is 12.3 Å². The maximum atomic E-state index is 12.4. The van der Waals surface area contributed by atoms with Crippen molar-refractivity contribution in [2.75, 3.05) is 0 Å². The van der Waals surface area contributed by atoms with Crippen LogP contribution in [0.2, 0.25) is 0 Å². The first-order valence-electron chi connectivity index (χ1n) is 11.2. The van der Waals surface area contributed by atoms with E-state index in [1.807, 2.05) is 5.92 Å². The molecule has 0 atom stereocenters. The third kappa shape index (κ3) is 15.8. The van der Waals surface area contributed by atoms with Gasteiger partial charge in [0.15, 0.2) is 0 Å². The van der Waals surface area contributed by atoms with E-state index in [1.54, 1.807) is 62.3 Å². The lowest BCUT2D eigenvalue weighted by Gasteiger charge is -2.35. The number of amides is 1. The van der Waals surface area contributed by atoms with E-state index in [2.05, 4.69) is 5.32 Å². The van der Waals surface area contributed by atoms with E-state index in [4.69, 9.17) is 20.6 Å². The van der Waals surface area contributed by atoms with Crippen LogP contribution in [0.3, 0.4) is 0 Å². The number of nitrogens with one attached hydrogen (secondary N) is 1. The summed E-state index contributed by atoms with van der Waals surface area (Å²) in [6.45, 7) is 15.8. The quantitative estimate of drug-likeness (QED) is 0.295. The molecule has 0 spiro atoms. The predicted octanol–water partition coefficient (Wildman–Crippen LogP) is 3.84. The number of carbonyl (C=O) groups is 4. The minimum absolute atomic E-state index is 0.0369. The molecule has 0 saturated carbocycles. The van der Waals surface area contributed by atoms with E-state index >= 15 is 0 Å². The van der Waals surface area contributed by atoms with Crippen LogP contribution in [0.4, 0.5) is 0 Å². The standard InChI is InChI=1S/C25H41NO7/c1-11-18(27)26-25(15-12-19(28)31-22(2,3)4,16-13-20(29)32-23(5,6)7)17-14-21(30)33-24(8,9)10/h1H,12-17H2,2-10H3,(H,26,27). The Morgan fingerprint density at radius 1 is 0.636 bits per heavy atom.